The van der Waals surface area contributed by atoms with Crippen molar-refractivity contribution < 1.29 is 13.0 Å². The molecule has 0 aliphatic heterocycles. The second kappa shape index (κ2) is 6.60. The summed E-state index contributed by atoms with van der Waals surface area (Å²) in [6, 6.07) is 0. The Morgan fingerprint density at radius 3 is 2.44 bits per heavy atom. The van der Waals surface area contributed by atoms with Crippen molar-refractivity contribution in [2.75, 3.05) is 5.75 Å². The van der Waals surface area contributed by atoms with E-state index in [1.54, 1.807) is 0 Å². The highest BCUT2D eigenvalue weighted by Crippen LogP contribution is 2.30. The van der Waals surface area contributed by atoms with Gasteiger partial charge in [-0.05, 0) is 31.1 Å². The van der Waals surface area contributed by atoms with E-state index in [1.807, 2.05) is 0 Å². The highest BCUT2D eigenvalue weighted by Gasteiger charge is 2.16. The quantitative estimate of drug-likeness (QED) is 0.734. The van der Waals surface area contributed by atoms with E-state index in [-0.39, 0.29) is 5.75 Å². The SMILES string of the molecule is CC(CCCS(=O)(=O)O)CC1CCCCC1. The van der Waals surface area contributed by atoms with E-state index in [0.29, 0.717) is 12.3 Å². The van der Waals surface area contributed by atoms with Crippen LogP contribution in [0, 0.1) is 11.8 Å². The maximum Gasteiger partial charge on any atom is 0.264 e. The Hall–Kier alpha value is -0.0900. The Morgan fingerprint density at radius 1 is 1.25 bits per heavy atom. The lowest BCUT2D eigenvalue weighted by Crippen LogP contribution is -2.12. The van der Waals surface area contributed by atoms with Crippen molar-refractivity contribution in [1.29, 1.82) is 0 Å². The van der Waals surface area contributed by atoms with Crippen LogP contribution in [0.15, 0.2) is 0 Å². The molecular formula is C12H24O3S. The zero-order valence-corrected chi connectivity index (χ0v) is 11.0. The van der Waals surface area contributed by atoms with Gasteiger partial charge in [0.05, 0.1) is 5.75 Å². The van der Waals surface area contributed by atoms with Crippen molar-refractivity contribution in [2.45, 2.75) is 58.3 Å². The Balaban J connectivity index is 2.12. The van der Waals surface area contributed by atoms with Gasteiger partial charge in [0.25, 0.3) is 10.1 Å². The molecule has 1 aliphatic carbocycles. The van der Waals surface area contributed by atoms with Gasteiger partial charge in [0, 0.05) is 0 Å². The average Bonchev–Trinajstić information content (AvgIpc) is 2.17. The number of rotatable bonds is 6. The molecule has 0 radical (unpaired) electrons. The van der Waals surface area contributed by atoms with E-state index in [9.17, 15) is 8.42 Å². The molecule has 4 heteroatoms. The second-order valence-corrected chi connectivity index (χ2v) is 6.85. The minimum Gasteiger partial charge on any atom is -0.286 e. The highest BCUT2D eigenvalue weighted by atomic mass is 32.2. The van der Waals surface area contributed by atoms with E-state index >= 15 is 0 Å². The zero-order chi connectivity index (χ0) is 12.0. The van der Waals surface area contributed by atoms with Gasteiger partial charge in [0.2, 0.25) is 0 Å². The lowest BCUT2D eigenvalue weighted by Gasteiger charge is -2.24. The van der Waals surface area contributed by atoms with Gasteiger partial charge in [-0.2, -0.15) is 8.42 Å². The average molecular weight is 248 g/mol. The first kappa shape index (κ1) is 14.0. The molecule has 1 N–H and O–H groups in total. The van der Waals surface area contributed by atoms with Crippen molar-refractivity contribution in [3.05, 3.63) is 0 Å². The summed E-state index contributed by atoms with van der Waals surface area (Å²) in [7, 11) is -3.75. The largest absolute Gasteiger partial charge is 0.286 e. The summed E-state index contributed by atoms with van der Waals surface area (Å²) in [5, 5.41) is 0. The molecule has 0 aromatic rings. The molecule has 1 unspecified atom stereocenters. The summed E-state index contributed by atoms with van der Waals surface area (Å²) in [5.41, 5.74) is 0. The van der Waals surface area contributed by atoms with Crippen LogP contribution < -0.4 is 0 Å². The summed E-state index contributed by atoms with van der Waals surface area (Å²) in [6.45, 7) is 2.19. The molecule has 0 aromatic carbocycles. The third kappa shape index (κ3) is 6.48. The van der Waals surface area contributed by atoms with Crippen molar-refractivity contribution in [1.82, 2.24) is 0 Å². The van der Waals surface area contributed by atoms with Crippen molar-refractivity contribution >= 4 is 10.1 Å². The maximum atomic E-state index is 10.6. The van der Waals surface area contributed by atoms with Crippen LogP contribution in [0.25, 0.3) is 0 Å². The molecule has 0 aromatic heterocycles. The second-order valence-electron chi connectivity index (χ2n) is 5.27. The van der Waals surface area contributed by atoms with Crippen LogP contribution in [0.5, 0.6) is 0 Å². The van der Waals surface area contributed by atoms with Gasteiger partial charge in [-0.3, -0.25) is 4.55 Å². The van der Waals surface area contributed by atoms with E-state index < -0.39 is 10.1 Å². The Kier molecular flexibility index (Phi) is 5.76. The molecule has 0 bridgehead atoms. The molecule has 16 heavy (non-hydrogen) atoms. The number of hydrogen-bond donors (Lipinski definition) is 1. The van der Waals surface area contributed by atoms with Crippen LogP contribution in [0.2, 0.25) is 0 Å². The van der Waals surface area contributed by atoms with E-state index in [4.69, 9.17) is 4.55 Å². The van der Waals surface area contributed by atoms with Gasteiger partial charge in [-0.15, -0.1) is 0 Å². The van der Waals surface area contributed by atoms with Crippen molar-refractivity contribution in [2.24, 2.45) is 11.8 Å². The van der Waals surface area contributed by atoms with Gasteiger partial charge in [-0.25, -0.2) is 0 Å². The molecular weight excluding hydrogens is 224 g/mol. The fraction of sp³-hybridized carbons (Fsp3) is 1.00. The Morgan fingerprint density at radius 2 is 1.88 bits per heavy atom. The van der Waals surface area contributed by atoms with Crippen LogP contribution >= 0.6 is 0 Å². The van der Waals surface area contributed by atoms with Crippen LogP contribution in [0.1, 0.15) is 58.3 Å². The van der Waals surface area contributed by atoms with Gasteiger partial charge in [0.1, 0.15) is 0 Å². The number of hydrogen-bond acceptors (Lipinski definition) is 2. The molecule has 96 valence electrons. The lowest BCUT2D eigenvalue weighted by atomic mass is 9.82. The predicted octanol–water partition coefficient (Wildman–Crippen LogP) is 3.26. The monoisotopic (exact) mass is 248 g/mol. The highest BCUT2D eigenvalue weighted by molar-refractivity contribution is 7.85. The van der Waals surface area contributed by atoms with E-state index in [1.165, 1.54) is 38.5 Å². The van der Waals surface area contributed by atoms with Crippen LogP contribution in [0.3, 0.4) is 0 Å². The summed E-state index contributed by atoms with van der Waals surface area (Å²) in [4.78, 5) is 0. The Bertz CT molecular complexity index is 279. The first-order valence-corrected chi connectivity index (χ1v) is 8.03. The van der Waals surface area contributed by atoms with Gasteiger partial charge >= 0.3 is 0 Å². The van der Waals surface area contributed by atoms with Gasteiger partial charge < -0.3 is 0 Å². The summed E-state index contributed by atoms with van der Waals surface area (Å²) in [6.07, 6.45) is 9.54. The molecule has 0 amide bonds. The Labute approximate surface area is 99.4 Å². The van der Waals surface area contributed by atoms with E-state index in [2.05, 4.69) is 6.92 Å². The van der Waals surface area contributed by atoms with Gasteiger partial charge in [-0.1, -0.05) is 39.0 Å². The fourth-order valence-corrected chi connectivity index (χ4v) is 3.26. The fourth-order valence-electron chi connectivity index (χ4n) is 2.72. The molecule has 3 nitrogen and oxygen atoms in total. The molecule has 0 saturated heterocycles. The minimum absolute atomic E-state index is 0.0813. The third-order valence-corrected chi connectivity index (χ3v) is 4.36. The molecule has 1 fully saturated rings. The van der Waals surface area contributed by atoms with Crippen LogP contribution in [0.4, 0.5) is 0 Å². The first-order chi connectivity index (χ1) is 7.47. The van der Waals surface area contributed by atoms with Crippen molar-refractivity contribution in [3.8, 4) is 0 Å². The zero-order valence-electron chi connectivity index (χ0n) is 10.2. The molecule has 1 aliphatic rings. The summed E-state index contributed by atoms with van der Waals surface area (Å²) < 4.78 is 29.7. The maximum absolute atomic E-state index is 10.6. The third-order valence-electron chi connectivity index (χ3n) is 3.56. The molecule has 1 atom stereocenters. The molecule has 1 saturated carbocycles. The van der Waals surface area contributed by atoms with Gasteiger partial charge in [0.15, 0.2) is 0 Å². The molecule has 0 spiro atoms. The first-order valence-electron chi connectivity index (χ1n) is 6.42. The lowest BCUT2D eigenvalue weighted by molar-refractivity contribution is 0.288. The minimum atomic E-state index is -3.75. The van der Waals surface area contributed by atoms with E-state index in [0.717, 1.165) is 12.3 Å². The van der Waals surface area contributed by atoms with Crippen LogP contribution in [-0.4, -0.2) is 18.7 Å². The van der Waals surface area contributed by atoms with Crippen LogP contribution in [-0.2, 0) is 10.1 Å². The van der Waals surface area contributed by atoms with Crippen molar-refractivity contribution in [3.63, 3.8) is 0 Å². The predicted molar refractivity (Wildman–Crippen MR) is 66.0 cm³/mol. The summed E-state index contributed by atoms with van der Waals surface area (Å²) >= 11 is 0. The summed E-state index contributed by atoms with van der Waals surface area (Å²) in [5.74, 6) is 1.36. The normalized spacial score (nSPS) is 20.9. The topological polar surface area (TPSA) is 54.4 Å². The smallest absolute Gasteiger partial charge is 0.264 e. The molecule has 0 heterocycles. The molecule has 1 rings (SSSR count). The standard InChI is InChI=1S/C12H24O3S/c1-11(6-5-9-16(13,14)15)10-12-7-3-2-4-8-12/h11-12H,2-10H2,1H3,(H,13,14,15).